The van der Waals surface area contributed by atoms with Crippen molar-refractivity contribution in [2.75, 3.05) is 18.5 Å². The second-order valence-electron chi connectivity index (χ2n) is 5.53. The Morgan fingerprint density at radius 3 is 2.46 bits per heavy atom. The number of nitrogens with zero attached hydrogens (tertiary/aromatic N) is 1. The van der Waals surface area contributed by atoms with E-state index in [1.54, 1.807) is 36.1 Å². The average Bonchev–Trinajstić information content (AvgIpc) is 2.55. The molecule has 0 radical (unpaired) electrons. The van der Waals surface area contributed by atoms with E-state index in [-0.39, 0.29) is 30.9 Å². The number of hydrogen-bond acceptors (Lipinski definition) is 4. The Labute approximate surface area is 143 Å². The van der Waals surface area contributed by atoms with Gasteiger partial charge >= 0.3 is 5.97 Å². The molecule has 0 fully saturated rings. The van der Waals surface area contributed by atoms with Gasteiger partial charge in [0.25, 0.3) is 0 Å². The van der Waals surface area contributed by atoms with Crippen LogP contribution >= 0.6 is 0 Å². The minimum absolute atomic E-state index is 0.0518. The van der Waals surface area contributed by atoms with Crippen molar-refractivity contribution in [1.82, 2.24) is 4.90 Å². The van der Waals surface area contributed by atoms with Gasteiger partial charge in [-0.25, -0.2) is 4.79 Å². The van der Waals surface area contributed by atoms with Crippen LogP contribution in [0.5, 0.6) is 0 Å². The topological polar surface area (TPSA) is 75.7 Å². The number of rotatable bonds is 8. The average molecular weight is 334 g/mol. The van der Waals surface area contributed by atoms with Crippen molar-refractivity contribution < 1.29 is 19.1 Å². The van der Waals surface area contributed by atoms with Gasteiger partial charge in [-0.2, -0.15) is 0 Å². The van der Waals surface area contributed by atoms with E-state index < -0.39 is 5.97 Å². The number of hydrogen-bond donors (Lipinski definition) is 1. The van der Waals surface area contributed by atoms with Crippen LogP contribution < -0.4 is 5.32 Å². The summed E-state index contributed by atoms with van der Waals surface area (Å²) in [5.41, 5.74) is 0.733. The number of para-hydroxylation sites is 1. The molecule has 132 valence electrons. The zero-order valence-corrected chi connectivity index (χ0v) is 14.8. The van der Waals surface area contributed by atoms with Crippen molar-refractivity contribution in [2.45, 2.75) is 46.6 Å². The molecule has 1 aromatic rings. The zero-order valence-electron chi connectivity index (χ0n) is 14.8. The number of nitrogens with one attached hydrogen (secondary N) is 1. The fraction of sp³-hybridized carbons (Fsp3) is 0.500. The van der Waals surface area contributed by atoms with Gasteiger partial charge in [0.15, 0.2) is 0 Å². The predicted molar refractivity (Wildman–Crippen MR) is 92.8 cm³/mol. The molecule has 0 saturated heterocycles. The predicted octanol–water partition coefficient (Wildman–Crippen LogP) is 2.84. The van der Waals surface area contributed by atoms with Gasteiger partial charge < -0.3 is 15.0 Å². The Hall–Kier alpha value is -2.37. The Morgan fingerprint density at radius 2 is 1.88 bits per heavy atom. The lowest BCUT2D eigenvalue weighted by atomic mass is 10.1. The van der Waals surface area contributed by atoms with Gasteiger partial charge in [-0.3, -0.25) is 9.59 Å². The smallest absolute Gasteiger partial charge is 0.340 e. The van der Waals surface area contributed by atoms with Crippen molar-refractivity contribution in [2.24, 2.45) is 0 Å². The first-order valence-electron chi connectivity index (χ1n) is 8.23. The molecule has 1 rings (SSSR count). The second kappa shape index (κ2) is 9.70. The summed E-state index contributed by atoms with van der Waals surface area (Å²) in [5, 5.41) is 2.72. The third-order valence-corrected chi connectivity index (χ3v) is 3.80. The lowest BCUT2D eigenvalue weighted by Gasteiger charge is -2.27. The Kier molecular flexibility index (Phi) is 7.95. The largest absolute Gasteiger partial charge is 0.462 e. The van der Waals surface area contributed by atoms with E-state index in [0.29, 0.717) is 17.8 Å². The second-order valence-corrected chi connectivity index (χ2v) is 5.53. The highest BCUT2D eigenvalue weighted by molar-refractivity contribution is 6.01. The van der Waals surface area contributed by atoms with Crippen LogP contribution in [0.1, 0.15) is 50.9 Å². The fourth-order valence-electron chi connectivity index (χ4n) is 2.32. The highest BCUT2D eigenvalue weighted by Gasteiger charge is 2.18. The third kappa shape index (κ3) is 5.68. The fourth-order valence-corrected chi connectivity index (χ4v) is 2.32. The van der Waals surface area contributed by atoms with E-state index in [4.69, 9.17) is 4.74 Å². The number of anilines is 1. The molecular weight excluding hydrogens is 308 g/mol. The minimum Gasteiger partial charge on any atom is -0.462 e. The van der Waals surface area contributed by atoms with Crippen molar-refractivity contribution in [3.63, 3.8) is 0 Å². The van der Waals surface area contributed by atoms with Crippen LogP contribution in [0.4, 0.5) is 5.69 Å². The lowest BCUT2D eigenvalue weighted by molar-refractivity contribution is -0.131. The van der Waals surface area contributed by atoms with E-state index in [2.05, 4.69) is 5.32 Å². The Bertz CT molecular complexity index is 586. The maximum atomic E-state index is 12.2. The normalized spacial score (nSPS) is 11.5. The van der Waals surface area contributed by atoms with E-state index in [1.165, 1.54) is 6.92 Å². The van der Waals surface area contributed by atoms with Gasteiger partial charge in [-0.15, -0.1) is 0 Å². The molecule has 1 unspecified atom stereocenters. The molecule has 0 aromatic heterocycles. The van der Waals surface area contributed by atoms with Crippen LogP contribution in [0.3, 0.4) is 0 Å². The van der Waals surface area contributed by atoms with E-state index in [1.807, 2.05) is 13.8 Å². The number of carbonyl (C=O) groups is 3. The van der Waals surface area contributed by atoms with Gasteiger partial charge in [0.1, 0.15) is 0 Å². The number of amides is 2. The molecule has 1 N–H and O–H groups in total. The van der Waals surface area contributed by atoms with Crippen LogP contribution in [0.15, 0.2) is 24.3 Å². The minimum atomic E-state index is -0.474. The van der Waals surface area contributed by atoms with Gasteiger partial charge in [0.2, 0.25) is 11.8 Å². The molecule has 0 bridgehead atoms. The SMILES string of the molecule is CCOC(=O)c1ccccc1NC(=O)CCN(C(C)=O)C(C)CC. The monoisotopic (exact) mass is 334 g/mol. The summed E-state index contributed by atoms with van der Waals surface area (Å²) < 4.78 is 4.98. The standard InChI is InChI=1S/C18H26N2O4/c1-5-13(3)20(14(4)21)12-11-17(22)19-16-10-8-7-9-15(16)18(23)24-6-2/h7-10,13H,5-6,11-12H2,1-4H3,(H,19,22). The molecule has 6 nitrogen and oxygen atoms in total. The first-order valence-corrected chi connectivity index (χ1v) is 8.23. The third-order valence-electron chi connectivity index (χ3n) is 3.80. The first-order chi connectivity index (χ1) is 11.4. The molecule has 24 heavy (non-hydrogen) atoms. The number of benzene rings is 1. The molecule has 0 aliphatic heterocycles. The van der Waals surface area contributed by atoms with Crippen molar-refractivity contribution in [3.05, 3.63) is 29.8 Å². The van der Waals surface area contributed by atoms with Crippen molar-refractivity contribution >= 4 is 23.5 Å². The molecular formula is C18H26N2O4. The highest BCUT2D eigenvalue weighted by atomic mass is 16.5. The van der Waals surface area contributed by atoms with E-state index in [0.717, 1.165) is 6.42 Å². The molecule has 2 amide bonds. The van der Waals surface area contributed by atoms with Gasteiger partial charge in [0.05, 0.1) is 17.9 Å². The van der Waals surface area contributed by atoms with Crippen LogP contribution in [-0.4, -0.2) is 41.9 Å². The molecule has 0 saturated carbocycles. The van der Waals surface area contributed by atoms with Gasteiger partial charge in [0, 0.05) is 25.9 Å². The summed E-state index contributed by atoms with van der Waals surface area (Å²) in [4.78, 5) is 37.4. The van der Waals surface area contributed by atoms with Crippen LogP contribution in [0, 0.1) is 0 Å². The molecule has 1 atom stereocenters. The highest BCUT2D eigenvalue weighted by Crippen LogP contribution is 2.16. The Balaban J connectivity index is 2.72. The first kappa shape index (κ1) is 19.7. The molecule has 0 aliphatic carbocycles. The molecule has 6 heteroatoms. The summed E-state index contributed by atoms with van der Waals surface area (Å²) in [6.07, 6.45) is 0.994. The number of esters is 1. The lowest BCUT2D eigenvalue weighted by Crippen LogP contribution is -2.38. The van der Waals surface area contributed by atoms with Crippen molar-refractivity contribution in [1.29, 1.82) is 0 Å². The summed E-state index contributed by atoms with van der Waals surface area (Å²) >= 11 is 0. The summed E-state index contributed by atoms with van der Waals surface area (Å²) in [5.74, 6) is -0.774. The molecule has 0 heterocycles. The van der Waals surface area contributed by atoms with Crippen molar-refractivity contribution in [3.8, 4) is 0 Å². The number of carbonyl (C=O) groups excluding carboxylic acids is 3. The van der Waals surface area contributed by atoms with Crippen LogP contribution in [-0.2, 0) is 14.3 Å². The summed E-state index contributed by atoms with van der Waals surface area (Å²) in [6, 6.07) is 6.79. The van der Waals surface area contributed by atoms with Crippen LogP contribution in [0.2, 0.25) is 0 Å². The maximum Gasteiger partial charge on any atom is 0.340 e. The van der Waals surface area contributed by atoms with Gasteiger partial charge in [-0.1, -0.05) is 19.1 Å². The quantitative estimate of drug-likeness (QED) is 0.742. The summed E-state index contributed by atoms with van der Waals surface area (Å²) in [6.45, 7) is 7.79. The molecule has 1 aromatic carbocycles. The summed E-state index contributed by atoms with van der Waals surface area (Å²) in [7, 11) is 0. The Morgan fingerprint density at radius 1 is 1.21 bits per heavy atom. The molecule has 0 spiro atoms. The number of ether oxygens (including phenoxy) is 1. The van der Waals surface area contributed by atoms with Gasteiger partial charge in [-0.05, 0) is 32.4 Å². The zero-order chi connectivity index (χ0) is 18.1. The van der Waals surface area contributed by atoms with Crippen LogP contribution in [0.25, 0.3) is 0 Å². The maximum absolute atomic E-state index is 12.2. The molecule has 0 aliphatic rings. The van der Waals surface area contributed by atoms with E-state index >= 15 is 0 Å². The van der Waals surface area contributed by atoms with E-state index in [9.17, 15) is 14.4 Å².